The Morgan fingerprint density at radius 1 is 0.929 bits per heavy atom. The molecule has 1 amide bonds. The number of fused-ring (bicyclic) bond motifs is 1. The summed E-state index contributed by atoms with van der Waals surface area (Å²) in [6.07, 6.45) is 8.59. The van der Waals surface area contributed by atoms with Gasteiger partial charge in [0.05, 0.1) is 5.69 Å². The summed E-state index contributed by atoms with van der Waals surface area (Å²) >= 11 is 0. The van der Waals surface area contributed by atoms with Crippen molar-refractivity contribution in [2.24, 2.45) is 5.41 Å². The molecule has 1 spiro atoms. The molecule has 2 fully saturated rings. The van der Waals surface area contributed by atoms with E-state index in [2.05, 4.69) is 15.3 Å². The third kappa shape index (κ3) is 3.18. The van der Waals surface area contributed by atoms with Gasteiger partial charge in [-0.25, -0.2) is 9.97 Å². The molecule has 144 valence electrons. The fourth-order valence-electron chi connectivity index (χ4n) is 4.56. The molecule has 28 heavy (non-hydrogen) atoms. The molecule has 0 aromatic carbocycles. The molecule has 2 aliphatic heterocycles. The minimum Gasteiger partial charge on any atom is -0.337 e. The Morgan fingerprint density at radius 2 is 1.75 bits per heavy atom. The zero-order chi connectivity index (χ0) is 19.0. The van der Waals surface area contributed by atoms with Crippen molar-refractivity contribution in [2.75, 3.05) is 26.2 Å². The first kappa shape index (κ1) is 17.4. The smallest absolute Gasteiger partial charge is 0.272 e. The quantitative estimate of drug-likeness (QED) is 0.748. The van der Waals surface area contributed by atoms with Crippen molar-refractivity contribution in [1.82, 2.24) is 24.6 Å². The summed E-state index contributed by atoms with van der Waals surface area (Å²) in [7, 11) is 0. The van der Waals surface area contributed by atoms with Crippen LogP contribution in [-0.2, 0) is 0 Å². The lowest BCUT2D eigenvalue weighted by molar-refractivity contribution is 0.0491. The Morgan fingerprint density at radius 3 is 2.54 bits per heavy atom. The van der Waals surface area contributed by atoms with Gasteiger partial charge in [0.2, 0.25) is 0 Å². The number of rotatable bonds is 2. The number of carbonyl (C=O) groups excluding carboxylic acids is 1. The molecule has 3 aromatic rings. The van der Waals surface area contributed by atoms with Gasteiger partial charge in [0.1, 0.15) is 17.0 Å². The fraction of sp³-hybridized carbons (Fsp3) is 0.409. The summed E-state index contributed by atoms with van der Waals surface area (Å²) in [6.45, 7) is 3.88. The largest absolute Gasteiger partial charge is 0.337 e. The molecule has 0 bridgehead atoms. The summed E-state index contributed by atoms with van der Waals surface area (Å²) < 4.78 is 1.97. The van der Waals surface area contributed by atoms with E-state index >= 15 is 0 Å². The maximum atomic E-state index is 13.1. The Balaban J connectivity index is 1.34. The van der Waals surface area contributed by atoms with Crippen molar-refractivity contribution < 1.29 is 4.79 Å². The van der Waals surface area contributed by atoms with Gasteiger partial charge in [-0.1, -0.05) is 12.1 Å². The summed E-state index contributed by atoms with van der Waals surface area (Å²) in [5, 5.41) is 3.45. The van der Waals surface area contributed by atoms with Crippen molar-refractivity contribution in [3.8, 4) is 11.4 Å². The second-order valence-corrected chi connectivity index (χ2v) is 8.04. The minimum atomic E-state index is 0.0365. The van der Waals surface area contributed by atoms with Crippen LogP contribution in [0.1, 0.15) is 36.2 Å². The van der Waals surface area contributed by atoms with Crippen molar-refractivity contribution in [3.63, 3.8) is 0 Å². The number of nitrogens with one attached hydrogen (secondary N) is 1. The van der Waals surface area contributed by atoms with Gasteiger partial charge in [0, 0.05) is 25.5 Å². The normalized spacial score (nSPS) is 19.2. The molecule has 5 heterocycles. The number of carbonyl (C=O) groups is 1. The molecular weight excluding hydrogens is 350 g/mol. The predicted molar refractivity (Wildman–Crippen MR) is 108 cm³/mol. The van der Waals surface area contributed by atoms with Gasteiger partial charge < -0.3 is 14.6 Å². The number of aromatic nitrogens is 3. The van der Waals surface area contributed by atoms with Crippen LogP contribution in [0.5, 0.6) is 0 Å². The first-order valence-electron chi connectivity index (χ1n) is 10.1. The molecule has 5 rings (SSSR count). The Labute approximate surface area is 164 Å². The highest BCUT2D eigenvalue weighted by Crippen LogP contribution is 2.39. The predicted octanol–water partition coefficient (Wildman–Crippen LogP) is 3.00. The van der Waals surface area contributed by atoms with Crippen LogP contribution < -0.4 is 5.32 Å². The third-order valence-electron chi connectivity index (χ3n) is 6.37. The van der Waals surface area contributed by atoms with Gasteiger partial charge in [-0.3, -0.25) is 4.79 Å². The molecule has 2 saturated heterocycles. The average molecular weight is 375 g/mol. The van der Waals surface area contributed by atoms with E-state index in [-0.39, 0.29) is 5.91 Å². The lowest BCUT2D eigenvalue weighted by Crippen LogP contribution is -2.47. The summed E-state index contributed by atoms with van der Waals surface area (Å²) in [6, 6.07) is 11.5. The molecule has 3 aromatic heterocycles. The SMILES string of the molecule is O=C(c1cccc(-c2cn3ccccc3n2)n1)N1CCC2(CCNCC2)CC1. The number of hydrogen-bond acceptors (Lipinski definition) is 4. The number of likely N-dealkylation sites (tertiary alicyclic amines) is 1. The van der Waals surface area contributed by atoms with E-state index in [0.29, 0.717) is 11.1 Å². The van der Waals surface area contributed by atoms with Gasteiger partial charge >= 0.3 is 0 Å². The molecule has 0 saturated carbocycles. The number of pyridine rings is 2. The van der Waals surface area contributed by atoms with Crippen molar-refractivity contribution in [1.29, 1.82) is 0 Å². The van der Waals surface area contributed by atoms with Crippen LogP contribution in [-0.4, -0.2) is 51.4 Å². The molecule has 0 unspecified atom stereocenters. The van der Waals surface area contributed by atoms with E-state index in [1.165, 1.54) is 12.8 Å². The van der Waals surface area contributed by atoms with Crippen molar-refractivity contribution in [2.45, 2.75) is 25.7 Å². The summed E-state index contributed by atoms with van der Waals surface area (Å²) in [4.78, 5) is 24.3. The summed E-state index contributed by atoms with van der Waals surface area (Å²) in [5.74, 6) is 0.0365. The third-order valence-corrected chi connectivity index (χ3v) is 6.37. The molecule has 6 nitrogen and oxygen atoms in total. The molecule has 6 heteroatoms. The number of piperidine rings is 2. The van der Waals surface area contributed by atoms with Crippen LogP contribution in [0.15, 0.2) is 48.8 Å². The van der Waals surface area contributed by atoms with Gasteiger partial charge in [0.25, 0.3) is 5.91 Å². The van der Waals surface area contributed by atoms with Crippen LogP contribution >= 0.6 is 0 Å². The highest BCUT2D eigenvalue weighted by molar-refractivity contribution is 5.92. The van der Waals surface area contributed by atoms with Crippen LogP contribution in [0.25, 0.3) is 17.0 Å². The van der Waals surface area contributed by atoms with Gasteiger partial charge in [-0.2, -0.15) is 0 Å². The maximum Gasteiger partial charge on any atom is 0.272 e. The topological polar surface area (TPSA) is 62.5 Å². The zero-order valence-corrected chi connectivity index (χ0v) is 16.0. The van der Waals surface area contributed by atoms with Gasteiger partial charge in [-0.15, -0.1) is 0 Å². The second kappa shape index (κ2) is 7.02. The molecule has 0 aliphatic carbocycles. The number of hydrogen-bond donors (Lipinski definition) is 1. The lowest BCUT2D eigenvalue weighted by Gasteiger charge is -2.44. The van der Waals surface area contributed by atoms with Gasteiger partial charge in [0.15, 0.2) is 0 Å². The van der Waals surface area contributed by atoms with E-state index in [1.807, 2.05) is 58.1 Å². The highest BCUT2D eigenvalue weighted by Gasteiger charge is 2.37. The molecule has 1 N–H and O–H groups in total. The van der Waals surface area contributed by atoms with E-state index in [9.17, 15) is 4.79 Å². The second-order valence-electron chi connectivity index (χ2n) is 8.04. The van der Waals surface area contributed by atoms with Crippen LogP contribution in [0.3, 0.4) is 0 Å². The maximum absolute atomic E-state index is 13.1. The minimum absolute atomic E-state index is 0.0365. The number of nitrogens with zero attached hydrogens (tertiary/aromatic N) is 4. The molecule has 0 atom stereocenters. The monoisotopic (exact) mass is 375 g/mol. The van der Waals surface area contributed by atoms with Crippen molar-refractivity contribution >= 4 is 11.6 Å². The van der Waals surface area contributed by atoms with E-state index < -0.39 is 0 Å². The lowest BCUT2D eigenvalue weighted by atomic mass is 9.71. The number of amides is 1. The number of imidazole rings is 1. The Bertz CT molecular complexity index is 962. The summed E-state index contributed by atoms with van der Waals surface area (Å²) in [5.41, 5.74) is 3.35. The Hall–Kier alpha value is -2.73. The van der Waals surface area contributed by atoms with Gasteiger partial charge in [-0.05, 0) is 68.5 Å². The van der Waals surface area contributed by atoms with Crippen LogP contribution in [0, 0.1) is 5.41 Å². The highest BCUT2D eigenvalue weighted by atomic mass is 16.2. The first-order valence-corrected chi connectivity index (χ1v) is 10.1. The standard InChI is InChI=1S/C22H25N5O/c28-21(26-14-9-22(10-15-26)7-11-23-12-8-22)18-5-3-4-17(24-18)19-16-27-13-2-1-6-20(27)25-19/h1-6,13,16,23H,7-12,14-15H2. The van der Waals surface area contributed by atoms with Crippen LogP contribution in [0.2, 0.25) is 0 Å². The average Bonchev–Trinajstić information content (AvgIpc) is 3.19. The zero-order valence-electron chi connectivity index (χ0n) is 16.0. The van der Waals surface area contributed by atoms with E-state index in [0.717, 1.165) is 56.1 Å². The van der Waals surface area contributed by atoms with Crippen LogP contribution in [0.4, 0.5) is 0 Å². The van der Waals surface area contributed by atoms with E-state index in [4.69, 9.17) is 0 Å². The van der Waals surface area contributed by atoms with E-state index in [1.54, 1.807) is 0 Å². The van der Waals surface area contributed by atoms with Crippen molar-refractivity contribution in [3.05, 3.63) is 54.5 Å². The Kier molecular flexibility index (Phi) is 4.36. The first-order chi connectivity index (χ1) is 13.7. The molecule has 2 aliphatic rings. The molecular formula is C22H25N5O. The molecule has 0 radical (unpaired) electrons. The fourth-order valence-corrected chi connectivity index (χ4v) is 4.56.